The Morgan fingerprint density at radius 2 is 1.93 bits per heavy atom. The molecule has 3 heteroatoms. The van der Waals surface area contributed by atoms with Crippen LogP contribution in [-0.2, 0) is 4.79 Å². The van der Waals surface area contributed by atoms with Crippen LogP contribution in [-0.4, -0.2) is 19.0 Å². The Hall–Kier alpha value is -1.35. The molecule has 1 aromatic carbocycles. The molecular weight excluding hydrogens is 188 g/mol. The molecule has 0 bridgehead atoms. The van der Waals surface area contributed by atoms with Gasteiger partial charge in [0.05, 0.1) is 6.54 Å². The molecule has 82 valence electrons. The van der Waals surface area contributed by atoms with Crippen LogP contribution in [0.1, 0.15) is 13.8 Å². The third-order valence-electron chi connectivity index (χ3n) is 2.09. The number of amides is 1. The highest BCUT2D eigenvalue weighted by molar-refractivity contribution is 5.94. The van der Waals surface area contributed by atoms with Crippen molar-refractivity contribution in [3.05, 3.63) is 30.3 Å². The van der Waals surface area contributed by atoms with Gasteiger partial charge in [0.2, 0.25) is 5.91 Å². The molecule has 0 unspecified atom stereocenters. The third kappa shape index (κ3) is 3.36. The van der Waals surface area contributed by atoms with Crippen molar-refractivity contribution in [3.63, 3.8) is 0 Å². The molecule has 0 saturated heterocycles. The summed E-state index contributed by atoms with van der Waals surface area (Å²) in [5.74, 6) is 0.399. The van der Waals surface area contributed by atoms with Gasteiger partial charge in [-0.15, -0.1) is 0 Å². The van der Waals surface area contributed by atoms with Crippen molar-refractivity contribution in [3.8, 4) is 0 Å². The molecule has 15 heavy (non-hydrogen) atoms. The number of para-hydroxylation sites is 1. The summed E-state index contributed by atoms with van der Waals surface area (Å²) in [6.07, 6.45) is 0. The monoisotopic (exact) mass is 206 g/mol. The topological polar surface area (TPSA) is 46.3 Å². The van der Waals surface area contributed by atoms with Gasteiger partial charge in [-0.2, -0.15) is 0 Å². The summed E-state index contributed by atoms with van der Waals surface area (Å²) in [5.41, 5.74) is 6.31. The van der Waals surface area contributed by atoms with E-state index in [0.717, 1.165) is 5.69 Å². The van der Waals surface area contributed by atoms with Gasteiger partial charge >= 0.3 is 0 Å². The maximum Gasteiger partial charge on any atom is 0.240 e. The van der Waals surface area contributed by atoms with Crippen LogP contribution in [0, 0.1) is 5.92 Å². The normalized spacial score (nSPS) is 10.4. The fourth-order valence-corrected chi connectivity index (χ4v) is 1.43. The third-order valence-corrected chi connectivity index (χ3v) is 2.09. The van der Waals surface area contributed by atoms with Gasteiger partial charge in [0.1, 0.15) is 0 Å². The average Bonchev–Trinajstić information content (AvgIpc) is 2.26. The second kappa shape index (κ2) is 5.51. The Labute approximate surface area is 90.9 Å². The summed E-state index contributed by atoms with van der Waals surface area (Å²) >= 11 is 0. The lowest BCUT2D eigenvalue weighted by Crippen LogP contribution is -2.38. The van der Waals surface area contributed by atoms with Crippen LogP contribution >= 0.6 is 0 Å². The molecule has 2 N–H and O–H groups in total. The highest BCUT2D eigenvalue weighted by Gasteiger charge is 2.14. The first-order chi connectivity index (χ1) is 7.15. The minimum atomic E-state index is -0.0325. The number of benzene rings is 1. The molecule has 0 aliphatic rings. The Balaban J connectivity index is 2.86. The number of hydrogen-bond donors (Lipinski definition) is 1. The van der Waals surface area contributed by atoms with Gasteiger partial charge in [0.15, 0.2) is 0 Å². The first-order valence-electron chi connectivity index (χ1n) is 5.20. The van der Waals surface area contributed by atoms with Gasteiger partial charge in [-0.1, -0.05) is 32.0 Å². The standard InChI is InChI=1S/C12H18N2O/c1-10(2)9-14(12(15)8-13)11-6-4-3-5-7-11/h3-7,10H,8-9,13H2,1-2H3. The summed E-state index contributed by atoms with van der Waals surface area (Å²) < 4.78 is 0. The average molecular weight is 206 g/mol. The summed E-state index contributed by atoms with van der Waals surface area (Å²) in [6.45, 7) is 4.93. The number of nitrogens with zero attached hydrogens (tertiary/aromatic N) is 1. The Morgan fingerprint density at radius 1 is 1.33 bits per heavy atom. The molecule has 0 atom stereocenters. The molecule has 3 nitrogen and oxygen atoms in total. The maximum absolute atomic E-state index is 11.6. The Kier molecular flexibility index (Phi) is 4.31. The number of hydrogen-bond acceptors (Lipinski definition) is 2. The van der Waals surface area contributed by atoms with E-state index >= 15 is 0 Å². The van der Waals surface area contributed by atoms with Gasteiger partial charge in [-0.3, -0.25) is 4.79 Å². The van der Waals surface area contributed by atoms with Crippen molar-refractivity contribution in [2.45, 2.75) is 13.8 Å². The van der Waals surface area contributed by atoms with Crippen LogP contribution in [0.3, 0.4) is 0 Å². The van der Waals surface area contributed by atoms with Crippen molar-refractivity contribution in [1.82, 2.24) is 0 Å². The molecule has 0 heterocycles. The van der Waals surface area contributed by atoms with E-state index < -0.39 is 0 Å². The molecule has 0 radical (unpaired) electrons. The molecule has 0 saturated carbocycles. The van der Waals surface area contributed by atoms with E-state index in [1.165, 1.54) is 0 Å². The molecular formula is C12H18N2O. The lowest BCUT2D eigenvalue weighted by molar-refractivity contribution is -0.117. The SMILES string of the molecule is CC(C)CN(C(=O)CN)c1ccccc1. The van der Waals surface area contributed by atoms with E-state index in [2.05, 4.69) is 13.8 Å². The quantitative estimate of drug-likeness (QED) is 0.814. The minimum Gasteiger partial charge on any atom is -0.322 e. The van der Waals surface area contributed by atoms with Crippen molar-refractivity contribution in [1.29, 1.82) is 0 Å². The maximum atomic E-state index is 11.6. The Bertz CT molecular complexity index is 309. The van der Waals surface area contributed by atoms with Gasteiger partial charge in [-0.25, -0.2) is 0 Å². The second-order valence-corrected chi connectivity index (χ2v) is 3.94. The van der Waals surface area contributed by atoms with E-state index in [9.17, 15) is 4.79 Å². The van der Waals surface area contributed by atoms with Crippen LogP contribution in [0.5, 0.6) is 0 Å². The smallest absolute Gasteiger partial charge is 0.240 e. The zero-order valence-electron chi connectivity index (χ0n) is 9.31. The highest BCUT2D eigenvalue weighted by atomic mass is 16.2. The van der Waals surface area contributed by atoms with E-state index in [1.54, 1.807) is 4.90 Å². The molecule has 1 amide bonds. The zero-order chi connectivity index (χ0) is 11.3. The second-order valence-electron chi connectivity index (χ2n) is 3.94. The molecule has 1 aromatic rings. The first-order valence-corrected chi connectivity index (χ1v) is 5.20. The fraction of sp³-hybridized carbons (Fsp3) is 0.417. The number of anilines is 1. The van der Waals surface area contributed by atoms with Gasteiger partial charge in [-0.05, 0) is 18.1 Å². The van der Waals surface area contributed by atoms with Gasteiger partial charge < -0.3 is 10.6 Å². The van der Waals surface area contributed by atoms with Crippen LogP contribution in [0.25, 0.3) is 0 Å². The first kappa shape index (κ1) is 11.7. The van der Waals surface area contributed by atoms with Crippen LogP contribution in [0.2, 0.25) is 0 Å². The molecule has 0 spiro atoms. The number of carbonyl (C=O) groups excluding carboxylic acids is 1. The van der Waals surface area contributed by atoms with Crippen molar-refractivity contribution >= 4 is 11.6 Å². The molecule has 0 aliphatic heterocycles. The molecule has 0 aliphatic carbocycles. The number of carbonyl (C=O) groups is 1. The van der Waals surface area contributed by atoms with Crippen molar-refractivity contribution in [2.75, 3.05) is 18.0 Å². The lowest BCUT2D eigenvalue weighted by atomic mass is 10.2. The fourth-order valence-electron chi connectivity index (χ4n) is 1.43. The van der Waals surface area contributed by atoms with Crippen LogP contribution < -0.4 is 10.6 Å². The van der Waals surface area contributed by atoms with E-state index in [0.29, 0.717) is 12.5 Å². The molecule has 1 rings (SSSR count). The summed E-state index contributed by atoms with van der Waals surface area (Å²) in [5, 5.41) is 0. The van der Waals surface area contributed by atoms with Crippen molar-refractivity contribution in [2.24, 2.45) is 11.7 Å². The van der Waals surface area contributed by atoms with E-state index in [1.807, 2.05) is 30.3 Å². The van der Waals surface area contributed by atoms with Crippen molar-refractivity contribution < 1.29 is 4.79 Å². The highest BCUT2D eigenvalue weighted by Crippen LogP contribution is 2.14. The largest absolute Gasteiger partial charge is 0.322 e. The number of nitrogens with two attached hydrogens (primary N) is 1. The number of rotatable bonds is 4. The van der Waals surface area contributed by atoms with Gasteiger partial charge in [0, 0.05) is 12.2 Å². The summed E-state index contributed by atoms with van der Waals surface area (Å²) in [7, 11) is 0. The van der Waals surface area contributed by atoms with Crippen LogP contribution in [0.4, 0.5) is 5.69 Å². The minimum absolute atomic E-state index is 0.0325. The van der Waals surface area contributed by atoms with Crippen LogP contribution in [0.15, 0.2) is 30.3 Å². The van der Waals surface area contributed by atoms with E-state index in [-0.39, 0.29) is 12.5 Å². The summed E-state index contributed by atoms with van der Waals surface area (Å²) in [4.78, 5) is 13.4. The molecule has 0 fully saturated rings. The lowest BCUT2D eigenvalue weighted by Gasteiger charge is -2.24. The zero-order valence-corrected chi connectivity index (χ0v) is 9.31. The predicted octanol–water partition coefficient (Wildman–Crippen LogP) is 1.63. The Morgan fingerprint density at radius 3 is 2.40 bits per heavy atom. The predicted molar refractivity (Wildman–Crippen MR) is 62.7 cm³/mol. The molecule has 0 aromatic heterocycles. The van der Waals surface area contributed by atoms with E-state index in [4.69, 9.17) is 5.73 Å². The summed E-state index contributed by atoms with van der Waals surface area (Å²) in [6, 6.07) is 9.63. The van der Waals surface area contributed by atoms with Gasteiger partial charge in [0.25, 0.3) is 0 Å².